The third-order valence-electron chi connectivity index (χ3n) is 4.65. The standard InChI is InChI=1S/C20H15FN4O/c21-17-8-13(9-22)6-7-15(17)20(26)25-10-16(14-4-2-1-3-5-14)19-18(11-25)23-12-24-19/h1-8,12,16H,10-11H2,(H,23,24). The van der Waals surface area contributed by atoms with Crippen molar-refractivity contribution in [2.45, 2.75) is 12.5 Å². The van der Waals surface area contributed by atoms with Crippen LogP contribution in [0.1, 0.15) is 38.8 Å². The van der Waals surface area contributed by atoms with E-state index in [4.69, 9.17) is 5.26 Å². The van der Waals surface area contributed by atoms with Crippen molar-refractivity contribution in [3.05, 3.63) is 88.8 Å². The van der Waals surface area contributed by atoms with E-state index < -0.39 is 11.7 Å². The van der Waals surface area contributed by atoms with Gasteiger partial charge in [-0.25, -0.2) is 9.37 Å². The van der Waals surface area contributed by atoms with Crippen LogP contribution in [-0.4, -0.2) is 27.3 Å². The van der Waals surface area contributed by atoms with Crippen molar-refractivity contribution in [1.29, 1.82) is 5.26 Å². The summed E-state index contributed by atoms with van der Waals surface area (Å²) in [5.41, 5.74) is 2.99. The number of carbonyl (C=O) groups is 1. The van der Waals surface area contributed by atoms with Crippen molar-refractivity contribution in [3.63, 3.8) is 0 Å². The zero-order valence-corrected chi connectivity index (χ0v) is 13.8. The minimum atomic E-state index is -0.680. The molecule has 0 bridgehead atoms. The molecule has 0 aliphatic carbocycles. The number of imidazole rings is 1. The molecule has 1 aliphatic rings. The molecule has 6 heteroatoms. The predicted octanol–water partition coefficient (Wildman–Crippen LogP) is 3.21. The highest BCUT2D eigenvalue weighted by Gasteiger charge is 2.32. The van der Waals surface area contributed by atoms with Gasteiger partial charge < -0.3 is 9.88 Å². The molecule has 1 atom stereocenters. The highest BCUT2D eigenvalue weighted by Crippen LogP contribution is 2.32. The Hall–Kier alpha value is -3.46. The zero-order chi connectivity index (χ0) is 18.1. The largest absolute Gasteiger partial charge is 0.347 e. The molecule has 4 rings (SSSR count). The summed E-state index contributed by atoms with van der Waals surface area (Å²) in [5.74, 6) is -1.15. The number of carbonyl (C=O) groups excluding carboxylic acids is 1. The van der Waals surface area contributed by atoms with Crippen LogP contribution in [0.4, 0.5) is 4.39 Å². The molecular formula is C20H15FN4O. The van der Waals surface area contributed by atoms with Crippen LogP contribution in [0.3, 0.4) is 0 Å². The van der Waals surface area contributed by atoms with Crippen molar-refractivity contribution < 1.29 is 9.18 Å². The molecule has 128 valence electrons. The monoisotopic (exact) mass is 346 g/mol. The van der Waals surface area contributed by atoms with Crippen LogP contribution in [0, 0.1) is 17.1 Å². The van der Waals surface area contributed by atoms with Crippen LogP contribution < -0.4 is 0 Å². The highest BCUT2D eigenvalue weighted by atomic mass is 19.1. The molecule has 0 spiro atoms. The number of benzene rings is 2. The van der Waals surface area contributed by atoms with Crippen molar-refractivity contribution >= 4 is 5.91 Å². The quantitative estimate of drug-likeness (QED) is 0.774. The minimum absolute atomic E-state index is 0.0289. The number of H-pyrrole nitrogens is 1. The Balaban J connectivity index is 1.68. The normalized spacial score (nSPS) is 16.0. The Labute approximate surface area is 149 Å². The number of hydrogen-bond donors (Lipinski definition) is 1. The van der Waals surface area contributed by atoms with Gasteiger partial charge in [-0.15, -0.1) is 0 Å². The smallest absolute Gasteiger partial charge is 0.257 e. The molecule has 2 aromatic carbocycles. The lowest BCUT2D eigenvalue weighted by atomic mass is 9.90. The average molecular weight is 346 g/mol. The molecule has 0 fully saturated rings. The van der Waals surface area contributed by atoms with Gasteiger partial charge in [-0.2, -0.15) is 5.26 Å². The summed E-state index contributed by atoms with van der Waals surface area (Å²) in [4.78, 5) is 22.0. The number of nitrogens with one attached hydrogen (secondary N) is 1. The molecule has 1 amide bonds. The van der Waals surface area contributed by atoms with E-state index >= 15 is 0 Å². The van der Waals surface area contributed by atoms with E-state index in [2.05, 4.69) is 9.97 Å². The van der Waals surface area contributed by atoms with Gasteiger partial charge in [0.05, 0.1) is 41.5 Å². The summed E-state index contributed by atoms with van der Waals surface area (Å²) < 4.78 is 14.3. The van der Waals surface area contributed by atoms with Crippen LogP contribution in [0.15, 0.2) is 54.9 Å². The third-order valence-corrected chi connectivity index (χ3v) is 4.65. The van der Waals surface area contributed by atoms with E-state index in [9.17, 15) is 9.18 Å². The van der Waals surface area contributed by atoms with Gasteiger partial charge in [-0.05, 0) is 23.8 Å². The SMILES string of the molecule is N#Cc1ccc(C(=O)N2Cc3[nH]cnc3C(c3ccccc3)C2)c(F)c1. The lowest BCUT2D eigenvalue weighted by molar-refractivity contribution is 0.0717. The topological polar surface area (TPSA) is 72.8 Å². The predicted molar refractivity (Wildman–Crippen MR) is 92.7 cm³/mol. The molecule has 5 nitrogen and oxygen atoms in total. The van der Waals surface area contributed by atoms with Gasteiger partial charge in [-0.1, -0.05) is 30.3 Å². The number of nitrogens with zero attached hydrogens (tertiary/aromatic N) is 3. The van der Waals surface area contributed by atoms with E-state index in [0.29, 0.717) is 13.1 Å². The van der Waals surface area contributed by atoms with E-state index in [1.807, 2.05) is 36.4 Å². The van der Waals surface area contributed by atoms with Crippen LogP contribution in [0.5, 0.6) is 0 Å². The first kappa shape index (κ1) is 16.0. The highest BCUT2D eigenvalue weighted by molar-refractivity contribution is 5.94. The van der Waals surface area contributed by atoms with Gasteiger partial charge in [0, 0.05) is 12.5 Å². The fourth-order valence-electron chi connectivity index (χ4n) is 3.35. The molecule has 0 radical (unpaired) electrons. The molecular weight excluding hydrogens is 331 g/mol. The number of hydrogen-bond acceptors (Lipinski definition) is 3. The Morgan fingerprint density at radius 3 is 2.81 bits per heavy atom. The van der Waals surface area contributed by atoms with Gasteiger partial charge in [0.15, 0.2) is 0 Å². The number of aromatic amines is 1. The fraction of sp³-hybridized carbons (Fsp3) is 0.150. The number of amides is 1. The van der Waals surface area contributed by atoms with Crippen molar-refractivity contribution in [1.82, 2.24) is 14.9 Å². The lowest BCUT2D eigenvalue weighted by Crippen LogP contribution is -2.39. The first-order valence-corrected chi connectivity index (χ1v) is 8.23. The third kappa shape index (κ3) is 2.74. The molecule has 1 N–H and O–H groups in total. The zero-order valence-electron chi connectivity index (χ0n) is 13.8. The van der Waals surface area contributed by atoms with Gasteiger partial charge in [0.2, 0.25) is 0 Å². The number of halogens is 1. The van der Waals surface area contributed by atoms with Crippen LogP contribution in [0.2, 0.25) is 0 Å². The lowest BCUT2D eigenvalue weighted by Gasteiger charge is -2.32. The first-order chi connectivity index (χ1) is 12.7. The maximum absolute atomic E-state index is 14.3. The summed E-state index contributed by atoms with van der Waals surface area (Å²) in [6, 6.07) is 15.6. The summed E-state index contributed by atoms with van der Waals surface area (Å²) in [6.45, 7) is 0.761. The molecule has 1 aromatic heterocycles. The number of rotatable bonds is 2. The van der Waals surface area contributed by atoms with Gasteiger partial charge >= 0.3 is 0 Å². The van der Waals surface area contributed by atoms with Crippen molar-refractivity contribution in [2.24, 2.45) is 0 Å². The Morgan fingerprint density at radius 1 is 1.27 bits per heavy atom. The molecule has 2 heterocycles. The van der Waals surface area contributed by atoms with Gasteiger partial charge in [-0.3, -0.25) is 4.79 Å². The van der Waals surface area contributed by atoms with Gasteiger partial charge in [0.1, 0.15) is 5.82 Å². The number of aromatic nitrogens is 2. The maximum Gasteiger partial charge on any atom is 0.257 e. The van der Waals surface area contributed by atoms with E-state index in [1.54, 1.807) is 11.2 Å². The Kier molecular flexibility index (Phi) is 3.98. The molecule has 1 unspecified atom stereocenters. The summed E-state index contributed by atoms with van der Waals surface area (Å²) >= 11 is 0. The second-order valence-corrected chi connectivity index (χ2v) is 6.22. The maximum atomic E-state index is 14.3. The molecule has 0 saturated carbocycles. The van der Waals surface area contributed by atoms with E-state index in [-0.39, 0.29) is 17.0 Å². The molecule has 26 heavy (non-hydrogen) atoms. The summed E-state index contributed by atoms with van der Waals surface area (Å²) in [7, 11) is 0. The van der Waals surface area contributed by atoms with E-state index in [1.165, 1.54) is 12.1 Å². The minimum Gasteiger partial charge on any atom is -0.347 e. The second kappa shape index (κ2) is 6.45. The second-order valence-electron chi connectivity index (χ2n) is 6.22. The average Bonchev–Trinajstić information content (AvgIpc) is 3.16. The van der Waals surface area contributed by atoms with Crippen LogP contribution in [0.25, 0.3) is 0 Å². The van der Waals surface area contributed by atoms with Crippen molar-refractivity contribution in [3.8, 4) is 6.07 Å². The fourth-order valence-corrected chi connectivity index (χ4v) is 3.35. The molecule has 3 aromatic rings. The van der Waals surface area contributed by atoms with E-state index in [0.717, 1.165) is 23.0 Å². The van der Waals surface area contributed by atoms with Crippen LogP contribution >= 0.6 is 0 Å². The summed E-state index contributed by atoms with van der Waals surface area (Å²) in [5, 5.41) is 8.86. The Morgan fingerprint density at radius 2 is 2.08 bits per heavy atom. The number of nitriles is 1. The van der Waals surface area contributed by atoms with Crippen LogP contribution in [-0.2, 0) is 6.54 Å². The van der Waals surface area contributed by atoms with Crippen molar-refractivity contribution in [2.75, 3.05) is 6.54 Å². The summed E-state index contributed by atoms with van der Waals surface area (Å²) in [6.07, 6.45) is 1.62. The first-order valence-electron chi connectivity index (χ1n) is 8.23. The molecule has 0 saturated heterocycles. The Bertz CT molecular complexity index is 1010. The molecule has 1 aliphatic heterocycles. The van der Waals surface area contributed by atoms with Gasteiger partial charge in [0.25, 0.3) is 5.91 Å². The number of fused-ring (bicyclic) bond motifs is 1.